The Bertz CT molecular complexity index is 896. The predicted molar refractivity (Wildman–Crippen MR) is 214 cm³/mol. The Labute approximate surface area is 291 Å². The Morgan fingerprint density at radius 2 is 1.16 bits per heavy atom. The van der Waals surface area contributed by atoms with Crippen LogP contribution in [0.15, 0.2) is 33.0 Å². The van der Waals surface area contributed by atoms with Crippen LogP contribution in [0.3, 0.4) is 0 Å². The standard InChI is InChI=1S/C28H55O2Si2.3C4H9.Sn/c1-15-18-23(2)21-25(4)26(30-32(13,14)28(8,9)10)22-24(3)19-16-17-20-29-31(11,12)27(5,6)7;3*1-3-4-2;/h18,21-22,25-26H,16-17,19-20H2,1-14H3;3*1,3-4H2,2H3;/b18-15?,23-21-,24-22+;;;;/t25-,26+;;;;/m0..../s1. The maximum atomic E-state index is 7.17. The van der Waals surface area contributed by atoms with E-state index in [9.17, 15) is 0 Å². The van der Waals surface area contributed by atoms with E-state index in [2.05, 4.69) is 134 Å². The molecule has 45 heavy (non-hydrogen) atoms. The Morgan fingerprint density at radius 1 is 0.689 bits per heavy atom. The Morgan fingerprint density at radius 3 is 1.58 bits per heavy atom. The zero-order valence-corrected chi connectivity index (χ0v) is 38.7. The second-order valence-electron chi connectivity index (χ2n) is 17.6. The van der Waals surface area contributed by atoms with E-state index in [1.807, 2.05) is 3.59 Å². The molecule has 0 aliphatic carbocycles. The summed E-state index contributed by atoms with van der Waals surface area (Å²) in [6.45, 7) is 41.2. The van der Waals surface area contributed by atoms with Gasteiger partial charge in [0, 0.05) is 0 Å². The number of rotatable bonds is 22. The van der Waals surface area contributed by atoms with Gasteiger partial charge in [-0.15, -0.1) is 0 Å². The molecule has 2 atom stereocenters. The van der Waals surface area contributed by atoms with Crippen LogP contribution in [0, 0.1) is 5.92 Å². The van der Waals surface area contributed by atoms with Gasteiger partial charge in [-0.25, -0.2) is 0 Å². The fourth-order valence-electron chi connectivity index (χ4n) is 5.79. The molecule has 0 aliphatic heterocycles. The van der Waals surface area contributed by atoms with Gasteiger partial charge in [-0.2, -0.15) is 0 Å². The summed E-state index contributed by atoms with van der Waals surface area (Å²) in [5, 5.41) is 0.465. The zero-order valence-electron chi connectivity index (χ0n) is 33.9. The molecule has 0 radical (unpaired) electrons. The van der Waals surface area contributed by atoms with Gasteiger partial charge in [0.15, 0.2) is 8.32 Å². The molecule has 0 amide bonds. The molecule has 0 fully saturated rings. The van der Waals surface area contributed by atoms with Crippen molar-refractivity contribution in [3.05, 3.63) is 33.0 Å². The van der Waals surface area contributed by atoms with Crippen molar-refractivity contribution < 1.29 is 8.85 Å². The second-order valence-corrected chi connectivity index (χ2v) is 41.0. The van der Waals surface area contributed by atoms with E-state index in [-0.39, 0.29) is 16.2 Å². The van der Waals surface area contributed by atoms with Gasteiger partial charge in [0.1, 0.15) is 0 Å². The van der Waals surface area contributed by atoms with Crippen LogP contribution >= 0.6 is 0 Å². The van der Waals surface area contributed by atoms with Crippen LogP contribution in [0.1, 0.15) is 148 Å². The fourth-order valence-corrected chi connectivity index (χ4v) is 24.1. The second kappa shape index (κ2) is 20.8. The quantitative estimate of drug-likeness (QED) is 0.0473. The van der Waals surface area contributed by atoms with E-state index in [4.69, 9.17) is 8.85 Å². The third-order valence-electron chi connectivity index (χ3n) is 11.3. The number of unbranched alkanes of at least 4 members (excludes halogenated alkanes) is 4. The molecule has 5 heteroatoms. The van der Waals surface area contributed by atoms with Gasteiger partial charge < -0.3 is 4.43 Å². The monoisotopic (exact) mass is 770 g/mol. The topological polar surface area (TPSA) is 18.5 Å². The first-order valence-corrected chi connectivity index (χ1v) is 32.2. The number of hydrogen-bond acceptors (Lipinski definition) is 2. The van der Waals surface area contributed by atoms with E-state index in [0.29, 0.717) is 5.92 Å². The van der Waals surface area contributed by atoms with Gasteiger partial charge in [-0.3, -0.25) is 0 Å². The number of allylic oxidation sites excluding steroid dienone is 4. The van der Waals surface area contributed by atoms with Crippen molar-refractivity contribution in [3.8, 4) is 0 Å². The first kappa shape index (κ1) is 45.4. The van der Waals surface area contributed by atoms with Crippen LogP contribution in [-0.2, 0) is 8.85 Å². The van der Waals surface area contributed by atoms with Gasteiger partial charge in [0.25, 0.3) is 0 Å². The Kier molecular flexibility index (Phi) is 21.0. The summed E-state index contributed by atoms with van der Waals surface area (Å²) < 4.78 is 20.0. The molecule has 0 heterocycles. The molecule has 0 aromatic carbocycles. The minimum atomic E-state index is -2.39. The van der Waals surface area contributed by atoms with Crippen molar-refractivity contribution >= 4 is 35.0 Å². The molecule has 0 saturated carbocycles. The van der Waals surface area contributed by atoms with Crippen molar-refractivity contribution in [1.29, 1.82) is 0 Å². The summed E-state index contributed by atoms with van der Waals surface area (Å²) in [7, 11) is -3.60. The van der Waals surface area contributed by atoms with Crippen molar-refractivity contribution in [2.24, 2.45) is 5.92 Å². The van der Waals surface area contributed by atoms with E-state index >= 15 is 0 Å². The minimum absolute atomic E-state index is 0.117. The van der Waals surface area contributed by atoms with Crippen LogP contribution in [0.25, 0.3) is 0 Å². The van der Waals surface area contributed by atoms with Gasteiger partial charge in [0.05, 0.1) is 0 Å². The van der Waals surface area contributed by atoms with Gasteiger partial charge in [0.2, 0.25) is 0 Å². The van der Waals surface area contributed by atoms with E-state index in [1.165, 1.54) is 69.4 Å². The van der Waals surface area contributed by atoms with E-state index < -0.39 is 35.0 Å². The van der Waals surface area contributed by atoms with Crippen molar-refractivity contribution in [3.63, 3.8) is 0 Å². The summed E-state index contributed by atoms with van der Waals surface area (Å²) in [6.07, 6.45) is 19.4. The molecular weight excluding hydrogens is 687 g/mol. The average molecular weight is 770 g/mol. The Hall–Kier alpha value is 0.372. The molecule has 0 saturated heterocycles. The van der Waals surface area contributed by atoms with Crippen LogP contribution in [0.2, 0.25) is 49.6 Å². The summed E-state index contributed by atoms with van der Waals surface area (Å²) >= 11 is -2.39. The van der Waals surface area contributed by atoms with Crippen molar-refractivity contribution in [1.82, 2.24) is 0 Å². The van der Waals surface area contributed by atoms with Crippen molar-refractivity contribution in [2.75, 3.05) is 6.61 Å². The molecule has 0 unspecified atom stereocenters. The summed E-state index contributed by atoms with van der Waals surface area (Å²) in [5.41, 5.74) is 2.91. The van der Waals surface area contributed by atoms with Gasteiger partial charge in [-0.1, -0.05) is 20.8 Å². The third kappa shape index (κ3) is 16.6. The molecule has 2 nitrogen and oxygen atoms in total. The molecule has 0 aromatic rings. The molecule has 266 valence electrons. The average Bonchev–Trinajstić information content (AvgIpc) is 2.90. The molecule has 0 N–H and O–H groups in total. The molecule has 0 aromatic heterocycles. The molecule has 0 rings (SSSR count). The molecule has 0 spiro atoms. The summed E-state index contributed by atoms with van der Waals surface area (Å²) in [4.78, 5) is 0. The van der Waals surface area contributed by atoms with Crippen LogP contribution in [0.4, 0.5) is 0 Å². The number of hydrogen-bond donors (Lipinski definition) is 0. The van der Waals surface area contributed by atoms with Gasteiger partial charge >= 0.3 is 241 Å². The van der Waals surface area contributed by atoms with E-state index in [1.54, 1.807) is 0 Å². The zero-order chi connectivity index (χ0) is 35.1. The van der Waals surface area contributed by atoms with E-state index in [0.717, 1.165) is 19.4 Å². The fraction of sp³-hybridized carbons (Fsp3) is 0.850. The van der Waals surface area contributed by atoms with Crippen LogP contribution in [0.5, 0.6) is 0 Å². The molecule has 0 aliphatic rings. The first-order valence-electron chi connectivity index (χ1n) is 19.0. The van der Waals surface area contributed by atoms with Crippen LogP contribution in [-0.4, -0.2) is 47.7 Å². The SMILES string of the molecule is CCC[CH2][Sn]([CH2]CCC)([CH2]CCC)/[C](C)=C/C(C)=C\[C@H](C)[C@@H](/C=C(\C)CCCCO[Si](C)(C)C(C)(C)C)O[Si](C)(C)C(C)(C)C. The van der Waals surface area contributed by atoms with Crippen molar-refractivity contribution in [2.45, 2.75) is 203 Å². The summed E-state index contributed by atoms with van der Waals surface area (Å²) in [5.74, 6) is 0.339. The Balaban J connectivity index is 6.10. The van der Waals surface area contributed by atoms with Gasteiger partial charge in [-0.05, 0) is 18.1 Å². The maximum absolute atomic E-state index is 7.17. The first-order chi connectivity index (χ1) is 20.6. The molecule has 0 bridgehead atoms. The van der Waals surface area contributed by atoms with Crippen LogP contribution < -0.4 is 0 Å². The summed E-state index contributed by atoms with van der Waals surface area (Å²) in [6, 6.07) is 0. The third-order valence-corrected chi connectivity index (χ3v) is 36.7. The normalized spacial score (nSPS) is 16.3. The predicted octanol–water partition coefficient (Wildman–Crippen LogP) is 14.4. The molecular formula is C40H82O2Si2Sn.